The van der Waals surface area contributed by atoms with E-state index in [1.807, 2.05) is 36.4 Å². The molecule has 1 N–H and O–H groups in total. The minimum absolute atomic E-state index is 0.00985. The van der Waals surface area contributed by atoms with Gasteiger partial charge in [0.05, 0.1) is 5.60 Å². The van der Waals surface area contributed by atoms with Crippen LogP contribution in [-0.4, -0.2) is 29.3 Å². The average Bonchev–Trinajstić information content (AvgIpc) is 3.30. The molecular weight excluding hydrogens is 430 g/mol. The predicted octanol–water partition coefficient (Wildman–Crippen LogP) is 6.64. The van der Waals surface area contributed by atoms with E-state index in [9.17, 15) is 5.11 Å². The van der Waals surface area contributed by atoms with Crippen LogP contribution in [0, 0.1) is 0 Å². The number of aliphatic imine (C=N–C) groups is 1. The van der Waals surface area contributed by atoms with Crippen molar-refractivity contribution in [2.75, 3.05) is 6.61 Å². The van der Waals surface area contributed by atoms with E-state index in [1.165, 1.54) is 11.1 Å². The van der Waals surface area contributed by atoms with Crippen molar-refractivity contribution in [3.05, 3.63) is 107 Å². The third-order valence-electron chi connectivity index (χ3n) is 6.89. The van der Waals surface area contributed by atoms with E-state index in [1.54, 1.807) is 0 Å². The number of benzene rings is 3. The molecule has 3 aromatic rings. The van der Waals surface area contributed by atoms with Crippen molar-refractivity contribution in [1.29, 1.82) is 0 Å². The SMILES string of the molecule is CC(C)(C)c1cc(C2=N[C@H](C(O)(Cc3ccccc3)Cc3ccccc3)CO2)cc(C(C)(C)C)c1. The summed E-state index contributed by atoms with van der Waals surface area (Å²) in [6.07, 6.45) is 1.03. The summed E-state index contributed by atoms with van der Waals surface area (Å²) in [5.41, 5.74) is 4.67. The Labute approximate surface area is 210 Å². The van der Waals surface area contributed by atoms with E-state index in [4.69, 9.17) is 9.73 Å². The first-order chi connectivity index (χ1) is 16.4. The molecule has 35 heavy (non-hydrogen) atoms. The molecule has 184 valence electrons. The molecule has 3 aromatic carbocycles. The highest BCUT2D eigenvalue weighted by molar-refractivity contribution is 5.95. The van der Waals surface area contributed by atoms with E-state index in [0.717, 1.165) is 16.7 Å². The molecule has 1 aliphatic rings. The van der Waals surface area contributed by atoms with Gasteiger partial charge < -0.3 is 9.84 Å². The van der Waals surface area contributed by atoms with Gasteiger partial charge in [0.1, 0.15) is 12.6 Å². The molecule has 0 aliphatic carbocycles. The Morgan fingerprint density at radius 1 is 0.743 bits per heavy atom. The van der Waals surface area contributed by atoms with Gasteiger partial charge in [-0.1, -0.05) is 108 Å². The van der Waals surface area contributed by atoms with Crippen molar-refractivity contribution in [3.63, 3.8) is 0 Å². The van der Waals surface area contributed by atoms with E-state index < -0.39 is 5.60 Å². The van der Waals surface area contributed by atoms with Gasteiger partial charge in [0, 0.05) is 18.4 Å². The highest BCUT2D eigenvalue weighted by Gasteiger charge is 2.41. The molecule has 4 rings (SSSR count). The molecule has 0 aromatic heterocycles. The molecule has 0 saturated carbocycles. The summed E-state index contributed by atoms with van der Waals surface area (Å²) in [7, 11) is 0. The van der Waals surface area contributed by atoms with Crippen molar-refractivity contribution in [1.82, 2.24) is 0 Å². The van der Waals surface area contributed by atoms with Crippen molar-refractivity contribution in [2.45, 2.75) is 76.9 Å². The smallest absolute Gasteiger partial charge is 0.216 e. The Hall–Kier alpha value is -2.91. The summed E-state index contributed by atoms with van der Waals surface area (Å²) >= 11 is 0. The van der Waals surface area contributed by atoms with E-state index in [-0.39, 0.29) is 16.9 Å². The van der Waals surface area contributed by atoms with Crippen molar-refractivity contribution in [2.24, 2.45) is 4.99 Å². The Balaban J connectivity index is 1.72. The molecule has 3 heteroatoms. The number of ether oxygens (including phenoxy) is 1. The molecule has 0 amide bonds. The van der Waals surface area contributed by atoms with Gasteiger partial charge in [0.2, 0.25) is 5.90 Å². The first-order valence-electron chi connectivity index (χ1n) is 12.6. The third-order valence-corrected chi connectivity index (χ3v) is 6.89. The monoisotopic (exact) mass is 469 g/mol. The van der Waals surface area contributed by atoms with Gasteiger partial charge in [-0.2, -0.15) is 0 Å². The van der Waals surface area contributed by atoms with Crippen LogP contribution in [-0.2, 0) is 28.4 Å². The zero-order valence-corrected chi connectivity index (χ0v) is 22.0. The fourth-order valence-electron chi connectivity index (χ4n) is 4.62. The van der Waals surface area contributed by atoms with Crippen LogP contribution in [0.2, 0.25) is 0 Å². The summed E-state index contributed by atoms with van der Waals surface area (Å²) in [6, 6.07) is 26.7. The van der Waals surface area contributed by atoms with Crippen LogP contribution < -0.4 is 0 Å². The number of hydrogen-bond donors (Lipinski definition) is 1. The number of aliphatic hydroxyl groups is 1. The fraction of sp³-hybridized carbons (Fsp3) is 0.406. The van der Waals surface area contributed by atoms with Crippen molar-refractivity contribution < 1.29 is 9.84 Å². The van der Waals surface area contributed by atoms with E-state index in [0.29, 0.717) is 25.3 Å². The number of nitrogens with zero attached hydrogens (tertiary/aromatic N) is 1. The lowest BCUT2D eigenvalue weighted by atomic mass is 9.79. The van der Waals surface area contributed by atoms with Gasteiger partial charge in [-0.3, -0.25) is 0 Å². The van der Waals surface area contributed by atoms with Crippen molar-refractivity contribution in [3.8, 4) is 0 Å². The number of rotatable bonds is 6. The maximum atomic E-state index is 12.1. The molecular formula is C32H39NO2. The lowest BCUT2D eigenvalue weighted by molar-refractivity contribution is 0.00806. The van der Waals surface area contributed by atoms with E-state index in [2.05, 4.69) is 84.0 Å². The normalized spacial score (nSPS) is 16.7. The first-order valence-corrected chi connectivity index (χ1v) is 12.6. The van der Waals surface area contributed by atoms with Gasteiger partial charge >= 0.3 is 0 Å². The molecule has 0 bridgehead atoms. The van der Waals surface area contributed by atoms with Crippen molar-refractivity contribution >= 4 is 5.90 Å². The Morgan fingerprint density at radius 2 is 1.20 bits per heavy atom. The maximum Gasteiger partial charge on any atom is 0.216 e. The van der Waals surface area contributed by atoms with Gasteiger partial charge in [0.15, 0.2) is 0 Å². The quantitative estimate of drug-likeness (QED) is 0.439. The van der Waals surface area contributed by atoms with Crippen LogP contribution >= 0.6 is 0 Å². The van der Waals surface area contributed by atoms with Crippen LogP contribution in [0.1, 0.15) is 69.4 Å². The molecule has 3 nitrogen and oxygen atoms in total. The molecule has 1 aliphatic heterocycles. The zero-order chi connectivity index (χ0) is 25.3. The fourth-order valence-corrected chi connectivity index (χ4v) is 4.62. The van der Waals surface area contributed by atoms with Gasteiger partial charge in [0.25, 0.3) is 0 Å². The van der Waals surface area contributed by atoms with Crippen LogP contribution in [0.25, 0.3) is 0 Å². The summed E-state index contributed by atoms with van der Waals surface area (Å²) < 4.78 is 6.20. The maximum absolute atomic E-state index is 12.1. The topological polar surface area (TPSA) is 41.8 Å². The van der Waals surface area contributed by atoms with Crippen LogP contribution in [0.3, 0.4) is 0 Å². The Bertz CT molecular complexity index is 1090. The average molecular weight is 470 g/mol. The van der Waals surface area contributed by atoms with Gasteiger partial charge in [-0.05, 0) is 45.2 Å². The second-order valence-electron chi connectivity index (χ2n) is 12.0. The summed E-state index contributed by atoms with van der Waals surface area (Å²) in [5.74, 6) is 0.631. The minimum atomic E-state index is -1.06. The first kappa shape index (κ1) is 25.2. The summed E-state index contributed by atoms with van der Waals surface area (Å²) in [6.45, 7) is 13.8. The summed E-state index contributed by atoms with van der Waals surface area (Å²) in [5, 5.41) is 12.1. The Morgan fingerprint density at radius 3 is 1.63 bits per heavy atom. The lowest BCUT2D eigenvalue weighted by Gasteiger charge is -2.32. The lowest BCUT2D eigenvalue weighted by Crippen LogP contribution is -2.46. The predicted molar refractivity (Wildman–Crippen MR) is 145 cm³/mol. The molecule has 0 spiro atoms. The molecule has 0 saturated heterocycles. The highest BCUT2D eigenvalue weighted by atomic mass is 16.5. The van der Waals surface area contributed by atoms with Crippen LogP contribution in [0.15, 0.2) is 83.9 Å². The second kappa shape index (κ2) is 9.62. The third kappa shape index (κ3) is 6.02. The van der Waals surface area contributed by atoms with Crippen LogP contribution in [0.5, 0.6) is 0 Å². The molecule has 0 unspecified atom stereocenters. The Kier molecular flexibility index (Phi) is 6.92. The van der Waals surface area contributed by atoms with E-state index >= 15 is 0 Å². The van der Waals surface area contributed by atoms with Gasteiger partial charge in [-0.15, -0.1) is 0 Å². The molecule has 1 heterocycles. The molecule has 0 fully saturated rings. The largest absolute Gasteiger partial charge is 0.475 e. The minimum Gasteiger partial charge on any atom is -0.475 e. The molecule has 0 radical (unpaired) electrons. The second-order valence-corrected chi connectivity index (χ2v) is 12.0. The van der Waals surface area contributed by atoms with Gasteiger partial charge in [-0.25, -0.2) is 4.99 Å². The highest BCUT2D eigenvalue weighted by Crippen LogP contribution is 2.33. The molecule has 1 atom stereocenters. The summed E-state index contributed by atoms with van der Waals surface area (Å²) in [4.78, 5) is 5.01. The van der Waals surface area contributed by atoms with Crippen LogP contribution in [0.4, 0.5) is 0 Å². The zero-order valence-electron chi connectivity index (χ0n) is 22.0. The standard InChI is InChI=1S/C32H39NO2/c1-30(2,3)26-17-25(18-27(19-26)31(4,5)6)29-33-28(22-35-29)32(34,20-23-13-9-7-10-14-23)21-24-15-11-8-12-16-24/h7-19,28,34H,20-22H2,1-6H3/t28-/m0/s1. The number of hydrogen-bond acceptors (Lipinski definition) is 3.